The molecule has 6 aliphatic rings. The molecule has 300 valence electrons. The zero-order valence-electron chi connectivity index (χ0n) is 33.6. The summed E-state index contributed by atoms with van der Waals surface area (Å²) >= 11 is 0. The fourth-order valence-electron chi connectivity index (χ4n) is 10.5. The van der Waals surface area contributed by atoms with Crippen LogP contribution in [0.2, 0.25) is 0 Å². The van der Waals surface area contributed by atoms with E-state index in [0.717, 1.165) is 50.5 Å². The summed E-state index contributed by atoms with van der Waals surface area (Å²) in [5, 5.41) is 0. The van der Waals surface area contributed by atoms with Crippen molar-refractivity contribution in [3.63, 3.8) is 0 Å². The average Bonchev–Trinajstić information content (AvgIpc) is 3.70. The number of allylic oxidation sites excluding steroid dienone is 4. The number of carbonyl (C=O) groups excluding carboxylic acids is 2. The number of likely N-dealkylation sites (N-methyl/N-ethyl adjacent to an activating group) is 1. The second-order valence-electron chi connectivity index (χ2n) is 16.7. The van der Waals surface area contributed by atoms with E-state index >= 15 is 0 Å². The molecule has 11 heteroatoms. The van der Waals surface area contributed by atoms with Crippen LogP contribution in [-0.2, 0) is 47.5 Å². The molecular formula is C42H67NO10. The molecule has 1 saturated carbocycles. The maximum absolute atomic E-state index is 14.7. The van der Waals surface area contributed by atoms with Crippen LogP contribution in [0, 0.1) is 35.5 Å². The molecule has 6 rings (SSSR count). The van der Waals surface area contributed by atoms with Crippen LogP contribution in [0.3, 0.4) is 0 Å². The molecule has 0 spiro atoms. The second-order valence-corrected chi connectivity index (χ2v) is 16.7. The molecule has 3 aliphatic carbocycles. The lowest BCUT2D eigenvalue weighted by Gasteiger charge is -2.44. The van der Waals surface area contributed by atoms with Gasteiger partial charge in [-0.3, -0.25) is 9.59 Å². The van der Waals surface area contributed by atoms with Crippen molar-refractivity contribution >= 4 is 11.8 Å². The van der Waals surface area contributed by atoms with Crippen LogP contribution in [0.5, 0.6) is 0 Å². The number of methoxy groups -OCH3 is 2. The number of esters is 1. The molecule has 0 aromatic rings. The lowest BCUT2D eigenvalue weighted by Crippen LogP contribution is -2.60. The molecule has 3 unspecified atom stereocenters. The zero-order valence-corrected chi connectivity index (χ0v) is 33.6. The first-order chi connectivity index (χ1) is 25.5. The van der Waals surface area contributed by atoms with Gasteiger partial charge >= 0.3 is 5.97 Å². The number of carbonyl (C=O) groups is 2. The first kappa shape index (κ1) is 40.9. The molecule has 0 N–H and O–H groups in total. The van der Waals surface area contributed by atoms with Gasteiger partial charge in [0.15, 0.2) is 18.4 Å². The van der Waals surface area contributed by atoms with Crippen molar-refractivity contribution in [2.45, 2.75) is 160 Å². The van der Waals surface area contributed by atoms with Gasteiger partial charge in [-0.1, -0.05) is 32.1 Å². The first-order valence-corrected chi connectivity index (χ1v) is 20.6. The topological polar surface area (TPSA) is 111 Å². The largest absolute Gasteiger partial charge is 0.462 e. The molecule has 3 saturated heterocycles. The fourth-order valence-corrected chi connectivity index (χ4v) is 10.5. The number of nitrogens with zero attached hydrogens (tertiary/aromatic N) is 1. The van der Waals surface area contributed by atoms with Gasteiger partial charge in [0.2, 0.25) is 0 Å². The van der Waals surface area contributed by atoms with Crippen molar-refractivity contribution in [3.05, 3.63) is 23.8 Å². The Kier molecular flexibility index (Phi) is 13.9. The van der Waals surface area contributed by atoms with Crippen molar-refractivity contribution in [2.24, 2.45) is 35.5 Å². The molecule has 3 aliphatic heterocycles. The molecule has 11 nitrogen and oxygen atoms in total. The summed E-state index contributed by atoms with van der Waals surface area (Å²) in [4.78, 5) is 30.4. The average molecular weight is 746 g/mol. The van der Waals surface area contributed by atoms with E-state index in [0.29, 0.717) is 25.0 Å². The highest BCUT2D eigenvalue weighted by molar-refractivity contribution is 5.99. The summed E-state index contributed by atoms with van der Waals surface area (Å²) in [6.45, 7) is 10.7. The number of ketones is 1. The molecule has 3 heterocycles. The van der Waals surface area contributed by atoms with Crippen LogP contribution >= 0.6 is 0 Å². The lowest BCUT2D eigenvalue weighted by atomic mass is 9.70. The number of rotatable bonds is 10. The normalized spacial score (nSPS) is 45.1. The van der Waals surface area contributed by atoms with Crippen LogP contribution in [0.25, 0.3) is 0 Å². The Hall–Kier alpha value is -1.70. The minimum absolute atomic E-state index is 0.0377. The molecule has 0 bridgehead atoms. The van der Waals surface area contributed by atoms with E-state index in [1.165, 1.54) is 0 Å². The lowest BCUT2D eigenvalue weighted by molar-refractivity contribution is -0.317. The van der Waals surface area contributed by atoms with Gasteiger partial charge in [0.05, 0.1) is 30.8 Å². The van der Waals surface area contributed by atoms with Gasteiger partial charge in [0.1, 0.15) is 24.4 Å². The van der Waals surface area contributed by atoms with Crippen molar-refractivity contribution < 1.29 is 47.5 Å². The molecule has 0 aromatic heterocycles. The van der Waals surface area contributed by atoms with E-state index < -0.39 is 12.4 Å². The maximum atomic E-state index is 14.7. The monoisotopic (exact) mass is 745 g/mol. The fraction of sp³-hybridized carbons (Fsp3) is 0.857. The third-order valence-corrected chi connectivity index (χ3v) is 13.3. The van der Waals surface area contributed by atoms with Crippen molar-refractivity contribution in [2.75, 3.05) is 34.9 Å². The Morgan fingerprint density at radius 2 is 1.62 bits per heavy atom. The molecule has 0 radical (unpaired) electrons. The highest BCUT2D eigenvalue weighted by Gasteiger charge is 2.53. The highest BCUT2D eigenvalue weighted by Crippen LogP contribution is 2.54. The first-order valence-electron chi connectivity index (χ1n) is 20.6. The summed E-state index contributed by atoms with van der Waals surface area (Å²) in [5.41, 5.74) is 0.765. The van der Waals surface area contributed by atoms with Crippen LogP contribution in [-0.4, -0.2) is 119 Å². The van der Waals surface area contributed by atoms with E-state index in [1.54, 1.807) is 14.2 Å². The molecule has 53 heavy (non-hydrogen) atoms. The van der Waals surface area contributed by atoms with E-state index in [2.05, 4.69) is 51.1 Å². The summed E-state index contributed by atoms with van der Waals surface area (Å²) in [6, 6.07) is 0.339. The smallest absolute Gasteiger partial charge is 0.306 e. The van der Waals surface area contributed by atoms with Crippen LogP contribution in [0.15, 0.2) is 23.8 Å². The Bertz CT molecular complexity index is 1300. The minimum atomic E-state index is -0.592. The van der Waals surface area contributed by atoms with Crippen molar-refractivity contribution in [3.8, 4) is 0 Å². The van der Waals surface area contributed by atoms with Crippen LogP contribution in [0.4, 0.5) is 0 Å². The number of hydrogen-bond donors (Lipinski definition) is 0. The van der Waals surface area contributed by atoms with Crippen molar-refractivity contribution in [1.29, 1.82) is 0 Å². The molecule has 4 fully saturated rings. The summed E-state index contributed by atoms with van der Waals surface area (Å²) in [5.74, 6) is 0.0193. The van der Waals surface area contributed by atoms with Gasteiger partial charge in [-0.2, -0.15) is 0 Å². The SMILES string of the molecule is CCOC1[C@@H](OC)C(C)O[C@@H](O[C@H]2C[C@H]3[C@@H]4C=C5C(=O)[C@H](C)[C@@H](O[C@H]6CC[C@H](N(C)C)C(C)O6)CCC[C@H](CC)OC(=O)C[C@H]5[C@@H]4C=C[C@@H]3C2)[C@H]1OC. The minimum Gasteiger partial charge on any atom is -0.462 e. The van der Waals surface area contributed by atoms with Gasteiger partial charge < -0.3 is 42.8 Å². The number of ether oxygens (including phenoxy) is 8. The number of hydrogen-bond acceptors (Lipinski definition) is 11. The Balaban J connectivity index is 1.20. The third-order valence-electron chi connectivity index (χ3n) is 13.3. The predicted molar refractivity (Wildman–Crippen MR) is 199 cm³/mol. The Morgan fingerprint density at radius 3 is 2.30 bits per heavy atom. The summed E-state index contributed by atoms with van der Waals surface area (Å²) in [6.07, 6.45) is 10.9. The standard InChI is InChI=1S/C42H67NO10/c1-10-27-13-12-14-35(53-37-18-17-34(43(6)7)24(4)49-37)23(3)38(45)33-21-31-29(32(33)22-36(44)51-27)16-15-26-19-28(20-30(26)31)52-42-41(47-9)40(48-11-2)39(46-8)25(5)50-42/h15-16,21,23-32,34-35,37,39-42H,10-14,17-20,22H2,1-9H3/t23-,24?,25?,26-,27+,28-,29-,30-,31-,32+,34+,35+,37+,39+,40?,41+,42+/m1/s1. The van der Waals surface area contributed by atoms with Gasteiger partial charge in [0.25, 0.3) is 0 Å². The zero-order chi connectivity index (χ0) is 38.0. The van der Waals surface area contributed by atoms with Gasteiger partial charge in [-0.05, 0) is 115 Å². The molecular weight excluding hydrogens is 678 g/mol. The van der Waals surface area contributed by atoms with Gasteiger partial charge in [-0.15, -0.1) is 0 Å². The van der Waals surface area contributed by atoms with Gasteiger partial charge in [0, 0.05) is 38.7 Å². The van der Waals surface area contributed by atoms with E-state index in [4.69, 9.17) is 37.9 Å². The number of fused-ring (bicyclic) bond motifs is 5. The molecule has 0 aromatic carbocycles. The maximum Gasteiger partial charge on any atom is 0.306 e. The molecule has 17 atom stereocenters. The predicted octanol–water partition coefficient (Wildman–Crippen LogP) is 5.88. The van der Waals surface area contributed by atoms with E-state index in [-0.39, 0.29) is 96.8 Å². The van der Waals surface area contributed by atoms with Gasteiger partial charge in [-0.25, -0.2) is 0 Å². The van der Waals surface area contributed by atoms with Crippen LogP contribution < -0.4 is 0 Å². The quantitative estimate of drug-likeness (QED) is 0.198. The van der Waals surface area contributed by atoms with E-state index in [1.807, 2.05) is 20.8 Å². The number of Topliss-reactive ketones (excluding diaryl/α,β-unsaturated/α-hetero) is 1. The molecule has 0 amide bonds. The third kappa shape index (κ3) is 8.83. The second kappa shape index (κ2) is 18.0. The van der Waals surface area contributed by atoms with E-state index in [9.17, 15) is 9.59 Å². The van der Waals surface area contributed by atoms with Crippen LogP contribution in [0.1, 0.15) is 92.4 Å². The Morgan fingerprint density at radius 1 is 0.849 bits per heavy atom. The Labute approximate surface area is 317 Å². The highest BCUT2D eigenvalue weighted by atomic mass is 16.7. The number of cyclic esters (lactones) is 1. The summed E-state index contributed by atoms with van der Waals surface area (Å²) in [7, 11) is 7.52. The summed E-state index contributed by atoms with van der Waals surface area (Å²) < 4.78 is 50.1. The van der Waals surface area contributed by atoms with Crippen molar-refractivity contribution in [1.82, 2.24) is 4.90 Å².